The smallest absolute Gasteiger partial charge is 0.238 e. The highest BCUT2D eigenvalue weighted by atomic mass is 35.5. The van der Waals surface area contributed by atoms with E-state index < -0.39 is 29.2 Å². The molecule has 1 aliphatic carbocycles. The molecule has 2 aromatic carbocycles. The van der Waals surface area contributed by atoms with E-state index in [1.807, 2.05) is 18.0 Å². The van der Waals surface area contributed by atoms with Crippen LogP contribution in [0, 0.1) is 11.2 Å². The van der Waals surface area contributed by atoms with Crippen LogP contribution >= 0.6 is 23.2 Å². The van der Waals surface area contributed by atoms with E-state index in [1.54, 1.807) is 24.3 Å². The molecule has 4 unspecified atom stereocenters. The third-order valence-electron chi connectivity index (χ3n) is 8.75. The van der Waals surface area contributed by atoms with E-state index in [4.69, 9.17) is 23.2 Å². The number of anilines is 1. The molecule has 1 saturated heterocycles. The topological polar surface area (TPSA) is 81.7 Å². The van der Waals surface area contributed by atoms with Crippen molar-refractivity contribution in [1.82, 2.24) is 10.2 Å². The second-order valence-electron chi connectivity index (χ2n) is 12.5. The Labute approximate surface area is 239 Å². The molecule has 210 valence electrons. The van der Waals surface area contributed by atoms with Gasteiger partial charge in [-0.1, -0.05) is 62.2 Å². The van der Waals surface area contributed by atoms with E-state index in [-0.39, 0.29) is 40.0 Å². The molecule has 1 spiro atoms. The molecule has 0 aromatic heterocycles. The monoisotopic (exact) mass is 575 g/mol. The van der Waals surface area contributed by atoms with Crippen LogP contribution in [-0.4, -0.2) is 53.1 Å². The molecule has 9 heteroatoms. The van der Waals surface area contributed by atoms with Crippen LogP contribution in [-0.2, 0) is 15.0 Å². The molecule has 0 bridgehead atoms. The van der Waals surface area contributed by atoms with Gasteiger partial charge >= 0.3 is 0 Å². The fourth-order valence-corrected chi connectivity index (χ4v) is 7.43. The predicted octanol–water partition coefficient (Wildman–Crippen LogP) is 5.64. The second kappa shape index (κ2) is 10.3. The van der Waals surface area contributed by atoms with Gasteiger partial charge < -0.3 is 15.7 Å². The number of hydrogen-bond donors (Lipinski definition) is 3. The van der Waals surface area contributed by atoms with Gasteiger partial charge in [-0.25, -0.2) is 4.39 Å². The maximum absolute atomic E-state index is 15.9. The fraction of sp³-hybridized carbons (Fsp3) is 0.533. The van der Waals surface area contributed by atoms with Crippen molar-refractivity contribution < 1.29 is 19.1 Å². The molecule has 2 heterocycles. The Balaban J connectivity index is 1.71. The van der Waals surface area contributed by atoms with Gasteiger partial charge in [0.15, 0.2) is 0 Å². The fourth-order valence-electron chi connectivity index (χ4n) is 7.08. The molecule has 2 aromatic rings. The quantitative estimate of drug-likeness (QED) is 0.440. The van der Waals surface area contributed by atoms with Gasteiger partial charge in [-0.3, -0.25) is 14.5 Å². The lowest BCUT2D eigenvalue weighted by molar-refractivity contribution is -0.127. The zero-order valence-corrected chi connectivity index (χ0v) is 24.2. The average molecular weight is 577 g/mol. The number of carbonyl (C=O) groups excluding carboxylic acids is 2. The summed E-state index contributed by atoms with van der Waals surface area (Å²) in [6, 6.07) is 8.70. The molecule has 39 heavy (non-hydrogen) atoms. The first-order valence-corrected chi connectivity index (χ1v) is 14.4. The molecule has 4 atom stereocenters. The van der Waals surface area contributed by atoms with E-state index in [0.717, 1.165) is 0 Å². The highest BCUT2D eigenvalue weighted by Crippen LogP contribution is 2.60. The van der Waals surface area contributed by atoms with E-state index in [2.05, 4.69) is 31.4 Å². The SMILES string of the molecule is CN1C(C(=O)NC2CCC(O)CC2)C(c2cccc(Cl)c2F)C2(C(=O)Nc3cc(Cl)ccc32)C1CC(C)(C)C. The van der Waals surface area contributed by atoms with Crippen LogP contribution in [0.4, 0.5) is 10.1 Å². The number of nitrogens with one attached hydrogen (secondary N) is 2. The Bertz CT molecular complexity index is 1290. The summed E-state index contributed by atoms with van der Waals surface area (Å²) in [7, 11) is 1.86. The minimum absolute atomic E-state index is 0.0558. The number of carbonyl (C=O) groups is 2. The summed E-state index contributed by atoms with van der Waals surface area (Å²) in [4.78, 5) is 30.4. The minimum atomic E-state index is -1.27. The van der Waals surface area contributed by atoms with Crippen LogP contribution in [0.25, 0.3) is 0 Å². The highest BCUT2D eigenvalue weighted by Gasteiger charge is 2.68. The van der Waals surface area contributed by atoms with Gasteiger partial charge in [-0.15, -0.1) is 0 Å². The summed E-state index contributed by atoms with van der Waals surface area (Å²) < 4.78 is 15.9. The van der Waals surface area contributed by atoms with Crippen molar-refractivity contribution >= 4 is 40.7 Å². The van der Waals surface area contributed by atoms with Crippen LogP contribution in [0.15, 0.2) is 36.4 Å². The third-order valence-corrected chi connectivity index (χ3v) is 9.27. The zero-order chi connectivity index (χ0) is 28.3. The van der Waals surface area contributed by atoms with Gasteiger partial charge in [0.2, 0.25) is 11.8 Å². The highest BCUT2D eigenvalue weighted by molar-refractivity contribution is 6.31. The Morgan fingerprint density at radius 3 is 2.54 bits per heavy atom. The second-order valence-corrected chi connectivity index (χ2v) is 13.4. The average Bonchev–Trinajstić information content (AvgIpc) is 3.27. The number of likely N-dealkylation sites (tertiary alicyclic amines) is 1. The molecular weight excluding hydrogens is 540 g/mol. The number of aliphatic hydroxyl groups excluding tert-OH is 1. The lowest BCUT2D eigenvalue weighted by Crippen LogP contribution is -2.50. The number of halogens is 3. The Morgan fingerprint density at radius 1 is 1.18 bits per heavy atom. The molecular formula is C30H36Cl2FN3O3. The van der Waals surface area contributed by atoms with E-state index >= 15 is 4.39 Å². The van der Waals surface area contributed by atoms with Gasteiger partial charge in [-0.2, -0.15) is 0 Å². The van der Waals surface area contributed by atoms with Crippen LogP contribution in [0.5, 0.6) is 0 Å². The van der Waals surface area contributed by atoms with Gasteiger partial charge in [0.25, 0.3) is 0 Å². The molecule has 3 aliphatic rings. The lowest BCUT2D eigenvalue weighted by Gasteiger charge is -2.39. The number of aliphatic hydroxyl groups is 1. The molecule has 1 saturated carbocycles. The van der Waals surface area contributed by atoms with Crippen molar-refractivity contribution in [2.24, 2.45) is 5.41 Å². The summed E-state index contributed by atoms with van der Waals surface area (Å²) in [6.07, 6.45) is 2.79. The molecule has 0 radical (unpaired) electrons. The summed E-state index contributed by atoms with van der Waals surface area (Å²) in [5, 5.41) is 16.6. The number of hydrogen-bond acceptors (Lipinski definition) is 4. The Morgan fingerprint density at radius 2 is 1.87 bits per heavy atom. The van der Waals surface area contributed by atoms with Crippen molar-refractivity contribution in [2.45, 2.75) is 88.4 Å². The number of fused-ring (bicyclic) bond motifs is 2. The van der Waals surface area contributed by atoms with Crippen LogP contribution in [0.2, 0.25) is 10.0 Å². The van der Waals surface area contributed by atoms with Crippen molar-refractivity contribution in [2.75, 3.05) is 12.4 Å². The first-order valence-electron chi connectivity index (χ1n) is 13.6. The van der Waals surface area contributed by atoms with Gasteiger partial charge in [0.1, 0.15) is 11.2 Å². The third kappa shape index (κ3) is 4.86. The number of amides is 2. The summed E-state index contributed by atoms with van der Waals surface area (Å²) in [5.41, 5.74) is 0.0537. The normalized spacial score (nSPS) is 30.9. The van der Waals surface area contributed by atoms with Gasteiger partial charge in [-0.05, 0) is 73.9 Å². The maximum Gasteiger partial charge on any atom is 0.238 e. The Hall–Kier alpha value is -2.19. The number of rotatable bonds is 4. The number of benzene rings is 2. The zero-order valence-electron chi connectivity index (χ0n) is 22.7. The molecule has 5 rings (SSSR count). The van der Waals surface area contributed by atoms with Crippen LogP contribution in [0.3, 0.4) is 0 Å². The lowest BCUT2D eigenvalue weighted by atomic mass is 9.62. The molecule has 2 amide bonds. The standard InChI is InChI=1S/C30H36Cl2FN3O3/c1-29(2,3)15-23-30(20-13-8-16(31)14-22(20)35-28(30)39)24(19-6-5-7-21(32)25(19)33)26(36(23)4)27(38)34-17-9-11-18(37)12-10-17/h5-8,13-14,17-18,23-24,26,37H,9-12,15H2,1-4H3,(H,34,38)(H,35,39). The summed E-state index contributed by atoms with van der Waals surface area (Å²) in [6.45, 7) is 6.29. The van der Waals surface area contributed by atoms with Crippen LogP contribution < -0.4 is 10.6 Å². The first-order chi connectivity index (χ1) is 18.3. The van der Waals surface area contributed by atoms with Crippen molar-refractivity contribution in [3.05, 3.63) is 63.4 Å². The van der Waals surface area contributed by atoms with E-state index in [0.29, 0.717) is 48.4 Å². The number of nitrogens with zero attached hydrogens (tertiary/aromatic N) is 1. The number of likely N-dealkylation sites (N-methyl/N-ethyl adjacent to an activating group) is 1. The Kier molecular flexibility index (Phi) is 7.51. The summed E-state index contributed by atoms with van der Waals surface area (Å²) in [5.74, 6) is -2.01. The van der Waals surface area contributed by atoms with Crippen LogP contribution in [0.1, 0.15) is 69.9 Å². The van der Waals surface area contributed by atoms with Gasteiger partial charge in [0.05, 0.1) is 17.2 Å². The van der Waals surface area contributed by atoms with E-state index in [1.165, 1.54) is 6.07 Å². The molecule has 2 aliphatic heterocycles. The maximum atomic E-state index is 15.9. The molecule has 3 N–H and O–H groups in total. The van der Waals surface area contributed by atoms with Crippen molar-refractivity contribution in [1.29, 1.82) is 0 Å². The summed E-state index contributed by atoms with van der Waals surface area (Å²) >= 11 is 12.6. The molecule has 6 nitrogen and oxygen atoms in total. The van der Waals surface area contributed by atoms with Crippen molar-refractivity contribution in [3.8, 4) is 0 Å². The predicted molar refractivity (Wildman–Crippen MR) is 152 cm³/mol. The minimum Gasteiger partial charge on any atom is -0.393 e. The first kappa shape index (κ1) is 28.3. The van der Waals surface area contributed by atoms with Crippen molar-refractivity contribution in [3.63, 3.8) is 0 Å². The molecule has 2 fully saturated rings. The van der Waals surface area contributed by atoms with Gasteiger partial charge in [0, 0.05) is 28.7 Å². The van der Waals surface area contributed by atoms with E-state index in [9.17, 15) is 14.7 Å². The largest absolute Gasteiger partial charge is 0.393 e.